The van der Waals surface area contributed by atoms with Crippen molar-refractivity contribution in [2.24, 2.45) is 5.73 Å². The fourth-order valence-electron chi connectivity index (χ4n) is 0.923. The van der Waals surface area contributed by atoms with E-state index in [2.05, 4.69) is 5.32 Å². The Balaban J connectivity index is 2.83. The molecule has 0 saturated carbocycles. The lowest BCUT2D eigenvalue weighted by molar-refractivity contribution is -0.184. The summed E-state index contributed by atoms with van der Waals surface area (Å²) < 4.78 is 37.3. The van der Waals surface area contributed by atoms with E-state index in [1.54, 1.807) is 0 Å². The zero-order chi connectivity index (χ0) is 13.3. The van der Waals surface area contributed by atoms with Gasteiger partial charge in [0.2, 0.25) is 0 Å². The van der Waals surface area contributed by atoms with Gasteiger partial charge >= 0.3 is 6.18 Å². The van der Waals surface area contributed by atoms with Crippen LogP contribution in [0.4, 0.5) is 18.9 Å². The highest BCUT2D eigenvalue weighted by Crippen LogP contribution is 2.29. The Hall–Kier alpha value is -1.27. The Morgan fingerprint density at radius 3 is 2.18 bits per heavy atom. The first-order chi connectivity index (χ1) is 7.64. The van der Waals surface area contributed by atoms with Gasteiger partial charge in [0.25, 0.3) is 5.91 Å². The lowest BCUT2D eigenvalue weighted by Crippen LogP contribution is -2.59. The molecule has 3 N–H and O–H groups in total. The Bertz CT molecular complexity index is 415. The summed E-state index contributed by atoms with van der Waals surface area (Å²) >= 11 is 5.59. The lowest BCUT2D eigenvalue weighted by Gasteiger charge is -2.26. The molecule has 1 aromatic rings. The Morgan fingerprint density at radius 1 is 1.29 bits per heavy atom. The molecule has 1 rings (SSSR count). The van der Waals surface area contributed by atoms with Crippen LogP contribution in [0, 0.1) is 0 Å². The van der Waals surface area contributed by atoms with Gasteiger partial charge in [-0.25, -0.2) is 0 Å². The summed E-state index contributed by atoms with van der Waals surface area (Å²) in [6, 6.07) is 5.65. The topological polar surface area (TPSA) is 55.1 Å². The number of alkyl halides is 3. The number of rotatable bonds is 2. The van der Waals surface area contributed by atoms with E-state index in [1.807, 2.05) is 0 Å². The molecule has 1 atom stereocenters. The van der Waals surface area contributed by atoms with E-state index < -0.39 is 17.6 Å². The standard InChI is InChI=1S/C10H10ClF3N2O/c1-9(15,10(12,13)14)8(17)16-7-4-2-6(11)3-5-7/h2-5H,15H2,1H3,(H,16,17). The van der Waals surface area contributed by atoms with Crippen molar-refractivity contribution in [3.8, 4) is 0 Å². The van der Waals surface area contributed by atoms with Gasteiger partial charge in [0.1, 0.15) is 0 Å². The van der Waals surface area contributed by atoms with Gasteiger partial charge in [-0.2, -0.15) is 13.2 Å². The largest absolute Gasteiger partial charge is 0.415 e. The Labute approximate surface area is 101 Å². The molecule has 17 heavy (non-hydrogen) atoms. The highest BCUT2D eigenvalue weighted by Gasteiger charge is 2.53. The SMILES string of the molecule is CC(N)(C(=O)Nc1ccc(Cl)cc1)C(F)(F)F. The van der Waals surface area contributed by atoms with Gasteiger partial charge in [-0.3, -0.25) is 4.79 Å². The third-order valence-electron chi connectivity index (χ3n) is 2.16. The van der Waals surface area contributed by atoms with E-state index in [0.717, 1.165) is 0 Å². The summed E-state index contributed by atoms with van der Waals surface area (Å²) in [5.74, 6) is -1.33. The molecule has 0 aliphatic carbocycles. The van der Waals surface area contributed by atoms with Gasteiger partial charge in [0.05, 0.1) is 0 Å². The van der Waals surface area contributed by atoms with Gasteiger partial charge in [-0.15, -0.1) is 0 Å². The summed E-state index contributed by atoms with van der Waals surface area (Å²) in [5, 5.41) is 2.48. The van der Waals surface area contributed by atoms with Crippen molar-refractivity contribution < 1.29 is 18.0 Å². The van der Waals surface area contributed by atoms with Crippen LogP contribution < -0.4 is 11.1 Å². The third-order valence-corrected chi connectivity index (χ3v) is 2.41. The van der Waals surface area contributed by atoms with Crippen LogP contribution in [-0.4, -0.2) is 17.6 Å². The van der Waals surface area contributed by atoms with Crippen LogP contribution in [0.15, 0.2) is 24.3 Å². The van der Waals surface area contributed by atoms with Crippen molar-refractivity contribution in [3.63, 3.8) is 0 Å². The predicted molar refractivity (Wildman–Crippen MR) is 58.7 cm³/mol. The molecule has 0 radical (unpaired) electrons. The van der Waals surface area contributed by atoms with E-state index in [9.17, 15) is 18.0 Å². The van der Waals surface area contributed by atoms with Gasteiger partial charge in [0.15, 0.2) is 5.54 Å². The van der Waals surface area contributed by atoms with Crippen LogP contribution >= 0.6 is 11.6 Å². The first-order valence-electron chi connectivity index (χ1n) is 4.57. The lowest BCUT2D eigenvalue weighted by atomic mass is 10.0. The number of nitrogens with two attached hydrogens (primary N) is 1. The summed E-state index contributed by atoms with van der Waals surface area (Å²) in [5.41, 5.74) is 2.21. The minimum atomic E-state index is -4.82. The molecule has 0 spiro atoms. The van der Waals surface area contributed by atoms with Crippen LogP contribution in [0.2, 0.25) is 5.02 Å². The summed E-state index contributed by atoms with van der Waals surface area (Å²) in [4.78, 5) is 11.4. The molecule has 1 unspecified atom stereocenters. The molecule has 0 bridgehead atoms. The maximum Gasteiger partial charge on any atom is 0.415 e. The van der Waals surface area contributed by atoms with Crippen molar-refractivity contribution in [2.75, 3.05) is 5.32 Å². The van der Waals surface area contributed by atoms with Crippen molar-refractivity contribution in [3.05, 3.63) is 29.3 Å². The second-order valence-corrected chi connectivity index (χ2v) is 4.10. The van der Waals surface area contributed by atoms with Crippen molar-refractivity contribution in [1.82, 2.24) is 0 Å². The Morgan fingerprint density at radius 2 is 1.76 bits per heavy atom. The van der Waals surface area contributed by atoms with Crippen LogP contribution in [0.5, 0.6) is 0 Å². The maximum absolute atomic E-state index is 12.4. The molecule has 0 aromatic heterocycles. The molecular weight excluding hydrogens is 257 g/mol. The van der Waals surface area contributed by atoms with E-state index in [0.29, 0.717) is 11.9 Å². The minimum absolute atomic E-state index is 0.195. The van der Waals surface area contributed by atoms with Gasteiger partial charge in [-0.1, -0.05) is 11.6 Å². The van der Waals surface area contributed by atoms with Gasteiger partial charge < -0.3 is 11.1 Å². The third kappa shape index (κ3) is 3.10. The average Bonchev–Trinajstić information content (AvgIpc) is 2.19. The summed E-state index contributed by atoms with van der Waals surface area (Å²) in [6.07, 6.45) is -4.82. The number of carbonyl (C=O) groups is 1. The molecule has 0 saturated heterocycles. The monoisotopic (exact) mass is 266 g/mol. The van der Waals surface area contributed by atoms with E-state index >= 15 is 0 Å². The smallest absolute Gasteiger partial charge is 0.324 e. The highest BCUT2D eigenvalue weighted by atomic mass is 35.5. The number of anilines is 1. The normalized spacial score (nSPS) is 15.2. The first kappa shape index (κ1) is 13.8. The minimum Gasteiger partial charge on any atom is -0.324 e. The molecule has 0 heterocycles. The summed E-state index contributed by atoms with van der Waals surface area (Å²) in [7, 11) is 0. The Kier molecular flexibility index (Phi) is 3.68. The zero-order valence-corrected chi connectivity index (χ0v) is 9.56. The predicted octanol–water partition coefficient (Wildman–Crippen LogP) is 2.56. The molecule has 7 heteroatoms. The zero-order valence-electron chi connectivity index (χ0n) is 8.81. The number of hydrogen-bond donors (Lipinski definition) is 2. The number of halogens is 4. The van der Waals surface area contributed by atoms with E-state index in [4.69, 9.17) is 17.3 Å². The van der Waals surface area contributed by atoms with Crippen LogP contribution in [0.25, 0.3) is 0 Å². The second-order valence-electron chi connectivity index (χ2n) is 3.66. The summed E-state index contributed by atoms with van der Waals surface area (Å²) in [6.45, 7) is 0.609. The van der Waals surface area contributed by atoms with E-state index in [-0.39, 0.29) is 5.69 Å². The molecular formula is C10H10ClF3N2O. The van der Waals surface area contributed by atoms with Crippen LogP contribution in [0.3, 0.4) is 0 Å². The number of hydrogen-bond acceptors (Lipinski definition) is 2. The highest BCUT2D eigenvalue weighted by molar-refractivity contribution is 6.30. The van der Waals surface area contributed by atoms with Gasteiger partial charge in [0, 0.05) is 10.7 Å². The van der Waals surface area contributed by atoms with Crippen molar-refractivity contribution in [1.29, 1.82) is 0 Å². The van der Waals surface area contributed by atoms with Crippen LogP contribution in [-0.2, 0) is 4.79 Å². The van der Waals surface area contributed by atoms with Crippen molar-refractivity contribution >= 4 is 23.2 Å². The second kappa shape index (κ2) is 4.54. The number of amides is 1. The molecule has 0 aliphatic rings. The number of carbonyl (C=O) groups excluding carboxylic acids is 1. The maximum atomic E-state index is 12.4. The first-order valence-corrected chi connectivity index (χ1v) is 4.95. The van der Waals surface area contributed by atoms with Crippen LogP contribution in [0.1, 0.15) is 6.92 Å². The molecule has 3 nitrogen and oxygen atoms in total. The molecule has 1 aromatic carbocycles. The number of nitrogens with one attached hydrogen (secondary N) is 1. The molecule has 0 aliphatic heterocycles. The fraction of sp³-hybridized carbons (Fsp3) is 0.300. The molecule has 1 amide bonds. The molecule has 0 fully saturated rings. The van der Waals surface area contributed by atoms with Crippen molar-refractivity contribution in [2.45, 2.75) is 18.6 Å². The van der Waals surface area contributed by atoms with E-state index in [1.165, 1.54) is 24.3 Å². The number of benzene rings is 1. The fourth-order valence-corrected chi connectivity index (χ4v) is 1.05. The molecule has 94 valence electrons. The average molecular weight is 267 g/mol. The van der Waals surface area contributed by atoms with Gasteiger partial charge in [-0.05, 0) is 31.2 Å². The quantitative estimate of drug-likeness (QED) is 0.864.